The fourth-order valence-corrected chi connectivity index (χ4v) is 3.08. The second kappa shape index (κ2) is 7.48. The predicted molar refractivity (Wildman–Crippen MR) is 109 cm³/mol. The molecule has 2 aromatic heterocycles. The number of anilines is 1. The van der Waals surface area contributed by atoms with Crippen LogP contribution >= 0.6 is 27.5 Å². The molecule has 0 spiro atoms. The van der Waals surface area contributed by atoms with Gasteiger partial charge in [0.25, 0.3) is 0 Å². The van der Waals surface area contributed by atoms with Crippen molar-refractivity contribution in [3.8, 4) is 0 Å². The van der Waals surface area contributed by atoms with Gasteiger partial charge in [-0.2, -0.15) is 9.61 Å². The van der Waals surface area contributed by atoms with Gasteiger partial charge in [0.2, 0.25) is 0 Å². The van der Waals surface area contributed by atoms with Gasteiger partial charge >= 0.3 is 6.09 Å². The Hall–Kier alpha value is -2.12. The number of hydrogen-bond acceptors (Lipinski definition) is 4. The van der Waals surface area contributed by atoms with Crippen LogP contribution in [-0.2, 0) is 11.3 Å². The molecule has 6 nitrogen and oxygen atoms in total. The molecule has 1 amide bonds. The first-order valence-corrected chi connectivity index (χ1v) is 9.58. The summed E-state index contributed by atoms with van der Waals surface area (Å²) in [4.78, 5) is 18.8. The number of benzene rings is 1. The molecule has 142 valence electrons. The number of carbonyl (C=O) groups excluding carboxylic acids is 1. The first-order valence-electron chi connectivity index (χ1n) is 8.41. The lowest BCUT2D eigenvalue weighted by Gasteiger charge is -2.27. The second-order valence-electron chi connectivity index (χ2n) is 7.12. The van der Waals surface area contributed by atoms with Crippen LogP contribution < -0.4 is 4.90 Å². The zero-order chi connectivity index (χ0) is 19.8. The molecule has 0 saturated carbocycles. The third-order valence-electron chi connectivity index (χ3n) is 3.72. The Bertz CT molecular complexity index is 983. The van der Waals surface area contributed by atoms with Crippen molar-refractivity contribution in [3.63, 3.8) is 0 Å². The summed E-state index contributed by atoms with van der Waals surface area (Å²) in [6.45, 7) is 7.65. The van der Waals surface area contributed by atoms with Crippen LogP contribution in [0.2, 0.25) is 5.15 Å². The van der Waals surface area contributed by atoms with E-state index < -0.39 is 11.7 Å². The van der Waals surface area contributed by atoms with Gasteiger partial charge in [-0.25, -0.2) is 9.78 Å². The number of fused-ring (bicyclic) bond motifs is 1. The monoisotopic (exact) mass is 450 g/mol. The number of nitrogens with zero attached hydrogens (tertiary/aromatic N) is 4. The van der Waals surface area contributed by atoms with Crippen LogP contribution in [0.5, 0.6) is 0 Å². The van der Waals surface area contributed by atoms with Gasteiger partial charge in [-0.3, -0.25) is 4.90 Å². The summed E-state index contributed by atoms with van der Waals surface area (Å²) in [7, 11) is 0. The maximum absolute atomic E-state index is 13.0. The molecule has 2 heterocycles. The lowest BCUT2D eigenvalue weighted by atomic mass is 10.2. The normalized spacial score (nSPS) is 11.6. The average molecular weight is 452 g/mol. The summed E-state index contributed by atoms with van der Waals surface area (Å²) in [6, 6.07) is 11.3. The molecule has 0 fully saturated rings. The molecule has 8 heteroatoms. The zero-order valence-electron chi connectivity index (χ0n) is 15.5. The Morgan fingerprint density at radius 3 is 2.59 bits per heavy atom. The quantitative estimate of drug-likeness (QED) is 0.501. The fraction of sp³-hybridized carbons (Fsp3) is 0.316. The van der Waals surface area contributed by atoms with E-state index in [1.807, 2.05) is 58.0 Å². The number of aromatic nitrogens is 3. The predicted octanol–water partition coefficient (Wildman–Crippen LogP) is 5.40. The van der Waals surface area contributed by atoms with Crippen molar-refractivity contribution in [1.29, 1.82) is 0 Å². The number of hydrogen-bond donors (Lipinski definition) is 0. The van der Waals surface area contributed by atoms with Crippen molar-refractivity contribution < 1.29 is 9.53 Å². The van der Waals surface area contributed by atoms with Gasteiger partial charge < -0.3 is 4.74 Å². The SMILES string of the molecule is Cc1nn2c(N(Cc3ccccc3)C(=O)OC(C)(C)C)cc(Cl)nc2c1Br. The Morgan fingerprint density at radius 1 is 1.30 bits per heavy atom. The van der Waals surface area contributed by atoms with Gasteiger partial charge in [0.15, 0.2) is 5.65 Å². The van der Waals surface area contributed by atoms with Crippen molar-refractivity contribution in [2.24, 2.45) is 0 Å². The third-order valence-corrected chi connectivity index (χ3v) is 4.84. The Morgan fingerprint density at radius 2 is 1.96 bits per heavy atom. The molecular weight excluding hydrogens is 432 g/mol. The van der Waals surface area contributed by atoms with Crippen LogP contribution in [0.3, 0.4) is 0 Å². The van der Waals surface area contributed by atoms with Gasteiger partial charge in [0.05, 0.1) is 16.7 Å². The highest BCUT2D eigenvalue weighted by Crippen LogP contribution is 2.29. The molecule has 0 bridgehead atoms. The Balaban J connectivity index is 2.14. The highest BCUT2D eigenvalue weighted by Gasteiger charge is 2.27. The van der Waals surface area contributed by atoms with Crippen LogP contribution in [0.25, 0.3) is 5.65 Å². The third kappa shape index (κ3) is 4.42. The standard InChI is InChI=1S/C19H20BrClN4O2/c1-12-16(20)17-22-14(21)10-15(25(17)23-12)24(18(26)27-19(2,3)4)11-13-8-6-5-7-9-13/h5-10H,11H2,1-4H3. The van der Waals surface area contributed by atoms with E-state index in [1.165, 1.54) is 4.90 Å². The van der Waals surface area contributed by atoms with E-state index in [-0.39, 0.29) is 5.15 Å². The smallest absolute Gasteiger partial charge is 0.416 e. The summed E-state index contributed by atoms with van der Waals surface area (Å²) in [5.41, 5.74) is 1.60. The van der Waals surface area contributed by atoms with Crippen molar-refractivity contribution in [2.75, 3.05) is 4.90 Å². The van der Waals surface area contributed by atoms with Crippen molar-refractivity contribution in [1.82, 2.24) is 14.6 Å². The molecule has 0 N–H and O–H groups in total. The molecule has 0 radical (unpaired) electrons. The number of ether oxygens (including phenoxy) is 1. The number of amides is 1. The van der Waals surface area contributed by atoms with Gasteiger partial charge in [-0.05, 0) is 49.2 Å². The molecule has 0 unspecified atom stereocenters. The van der Waals surface area contributed by atoms with Crippen molar-refractivity contribution >= 4 is 45.1 Å². The molecule has 27 heavy (non-hydrogen) atoms. The van der Waals surface area contributed by atoms with Crippen LogP contribution in [0.1, 0.15) is 32.0 Å². The molecule has 0 saturated heterocycles. The van der Waals surface area contributed by atoms with Crippen LogP contribution in [-0.4, -0.2) is 26.3 Å². The van der Waals surface area contributed by atoms with E-state index in [1.54, 1.807) is 10.6 Å². The number of halogens is 2. The first kappa shape index (κ1) is 19.6. The Kier molecular flexibility index (Phi) is 5.44. The molecule has 3 rings (SSSR count). The maximum Gasteiger partial charge on any atom is 0.416 e. The largest absolute Gasteiger partial charge is 0.443 e. The lowest BCUT2D eigenvalue weighted by molar-refractivity contribution is 0.0575. The minimum absolute atomic E-state index is 0.264. The highest BCUT2D eigenvalue weighted by atomic mass is 79.9. The summed E-state index contributed by atoms with van der Waals surface area (Å²) in [5.74, 6) is 0.483. The summed E-state index contributed by atoms with van der Waals surface area (Å²) in [6.07, 6.45) is -0.487. The molecule has 0 aliphatic rings. The van der Waals surface area contributed by atoms with Crippen LogP contribution in [0.4, 0.5) is 10.6 Å². The molecule has 0 aliphatic heterocycles. The van der Waals surface area contributed by atoms with Gasteiger partial charge in [0, 0.05) is 6.07 Å². The van der Waals surface area contributed by atoms with Gasteiger partial charge in [-0.1, -0.05) is 41.9 Å². The Labute approximate surface area is 171 Å². The number of aryl methyl sites for hydroxylation is 1. The lowest BCUT2D eigenvalue weighted by Crippen LogP contribution is -2.37. The summed E-state index contributed by atoms with van der Waals surface area (Å²) >= 11 is 9.72. The van der Waals surface area contributed by atoms with E-state index in [2.05, 4.69) is 26.0 Å². The van der Waals surface area contributed by atoms with Gasteiger partial charge in [0.1, 0.15) is 16.6 Å². The molecular formula is C19H20BrClN4O2. The second-order valence-corrected chi connectivity index (χ2v) is 8.30. The van der Waals surface area contributed by atoms with E-state index >= 15 is 0 Å². The van der Waals surface area contributed by atoms with E-state index in [9.17, 15) is 4.79 Å². The number of rotatable bonds is 3. The zero-order valence-corrected chi connectivity index (χ0v) is 17.9. The van der Waals surface area contributed by atoms with Crippen molar-refractivity contribution in [2.45, 2.75) is 39.8 Å². The fourth-order valence-electron chi connectivity index (χ4n) is 2.57. The summed E-state index contributed by atoms with van der Waals surface area (Å²) in [5, 5.41) is 4.76. The molecule has 3 aromatic rings. The number of carbonyl (C=O) groups is 1. The topological polar surface area (TPSA) is 59.7 Å². The van der Waals surface area contributed by atoms with Crippen molar-refractivity contribution in [3.05, 3.63) is 57.3 Å². The molecule has 1 aromatic carbocycles. The summed E-state index contributed by atoms with van der Waals surface area (Å²) < 4.78 is 7.95. The van der Waals surface area contributed by atoms with E-state index in [0.29, 0.717) is 18.0 Å². The van der Waals surface area contributed by atoms with Crippen LogP contribution in [0, 0.1) is 6.92 Å². The average Bonchev–Trinajstić information content (AvgIpc) is 2.86. The van der Waals surface area contributed by atoms with Crippen LogP contribution in [0.15, 0.2) is 40.9 Å². The highest BCUT2D eigenvalue weighted by molar-refractivity contribution is 9.10. The molecule has 0 atom stereocenters. The van der Waals surface area contributed by atoms with E-state index in [0.717, 1.165) is 15.7 Å². The van der Waals surface area contributed by atoms with Gasteiger partial charge in [-0.15, -0.1) is 0 Å². The first-order chi connectivity index (χ1) is 12.7. The van der Waals surface area contributed by atoms with E-state index in [4.69, 9.17) is 16.3 Å². The molecule has 0 aliphatic carbocycles. The minimum atomic E-state index is -0.636. The minimum Gasteiger partial charge on any atom is -0.443 e. The maximum atomic E-state index is 13.0.